The largest absolute Gasteiger partial charge is 0.245 e. The summed E-state index contributed by atoms with van der Waals surface area (Å²) in [4.78, 5) is 7.79. The van der Waals surface area contributed by atoms with Crippen molar-refractivity contribution in [3.8, 4) is 0 Å². The molecule has 48 valence electrons. The molecule has 0 fully saturated rings. The van der Waals surface area contributed by atoms with Crippen LogP contribution in [0.15, 0.2) is 18.7 Å². The molecule has 0 saturated heterocycles. The maximum absolute atomic E-state index is 3.90. The van der Waals surface area contributed by atoms with Gasteiger partial charge in [-0.05, 0) is 18.4 Å². The summed E-state index contributed by atoms with van der Waals surface area (Å²) >= 11 is 0. The molecule has 3 heteroatoms. The second-order valence-corrected chi connectivity index (χ2v) is 2.84. The van der Waals surface area contributed by atoms with Gasteiger partial charge in [0.25, 0.3) is 0 Å². The first-order chi connectivity index (χ1) is 4.43. The summed E-state index contributed by atoms with van der Waals surface area (Å²) in [5.41, 5.74) is 1.23. The van der Waals surface area contributed by atoms with Gasteiger partial charge in [-0.3, -0.25) is 0 Å². The summed E-state index contributed by atoms with van der Waals surface area (Å²) < 4.78 is 0. The fraction of sp³-hybridized carbons (Fsp3) is 0.333. The number of hydrogen-bond acceptors (Lipinski definition) is 2. The maximum atomic E-state index is 3.90. The fourth-order valence-electron chi connectivity index (χ4n) is 0.625. The van der Waals surface area contributed by atoms with Crippen molar-refractivity contribution in [2.45, 2.75) is 6.16 Å². The average Bonchev–Trinajstić information content (AvgIpc) is 1.91. The average molecular weight is 140 g/mol. The van der Waals surface area contributed by atoms with Gasteiger partial charge in [0.15, 0.2) is 0 Å². The summed E-state index contributed by atoms with van der Waals surface area (Å²) in [6, 6.07) is 0. The Bertz CT molecular complexity index is 164. The number of aromatic nitrogens is 2. The molecule has 1 atom stereocenters. The fourth-order valence-corrected chi connectivity index (χ4v) is 1.22. The minimum absolute atomic E-state index is 0.955. The molecule has 0 amide bonds. The molecule has 0 aliphatic rings. The SMILES string of the molecule is CPCc1cncnc1. The lowest BCUT2D eigenvalue weighted by Crippen LogP contribution is -1.81. The summed E-state index contributed by atoms with van der Waals surface area (Å²) in [7, 11) is 0.955. The van der Waals surface area contributed by atoms with Crippen molar-refractivity contribution in [1.29, 1.82) is 0 Å². The van der Waals surface area contributed by atoms with Gasteiger partial charge < -0.3 is 0 Å². The van der Waals surface area contributed by atoms with E-state index >= 15 is 0 Å². The first-order valence-electron chi connectivity index (χ1n) is 2.82. The van der Waals surface area contributed by atoms with E-state index in [0.29, 0.717) is 0 Å². The number of hydrogen-bond donors (Lipinski definition) is 0. The standard InChI is InChI=1S/C6H9N2P/c1-9-4-6-2-7-5-8-3-6/h2-3,5,9H,4H2,1H3. The van der Waals surface area contributed by atoms with Crippen LogP contribution < -0.4 is 0 Å². The van der Waals surface area contributed by atoms with Crippen LogP contribution in [0.4, 0.5) is 0 Å². The Morgan fingerprint density at radius 3 is 2.67 bits per heavy atom. The normalized spacial score (nSPS) is 10.8. The third kappa shape index (κ3) is 2.06. The van der Waals surface area contributed by atoms with Crippen molar-refractivity contribution in [2.24, 2.45) is 0 Å². The molecular formula is C6H9N2P. The zero-order valence-electron chi connectivity index (χ0n) is 5.33. The van der Waals surface area contributed by atoms with Crippen LogP contribution in [0.3, 0.4) is 0 Å². The van der Waals surface area contributed by atoms with Crippen LogP contribution in [-0.2, 0) is 6.16 Å². The molecule has 9 heavy (non-hydrogen) atoms. The van der Waals surface area contributed by atoms with Crippen LogP contribution in [0, 0.1) is 0 Å². The van der Waals surface area contributed by atoms with Gasteiger partial charge in [-0.15, -0.1) is 8.58 Å². The third-order valence-electron chi connectivity index (χ3n) is 0.995. The van der Waals surface area contributed by atoms with Gasteiger partial charge in [-0.2, -0.15) is 0 Å². The first-order valence-corrected chi connectivity index (χ1v) is 4.52. The molecule has 1 heterocycles. The molecule has 0 aromatic carbocycles. The summed E-state index contributed by atoms with van der Waals surface area (Å²) in [5, 5.41) is 0. The Morgan fingerprint density at radius 2 is 2.11 bits per heavy atom. The van der Waals surface area contributed by atoms with E-state index < -0.39 is 0 Å². The van der Waals surface area contributed by atoms with Crippen LogP contribution in [0.5, 0.6) is 0 Å². The van der Waals surface area contributed by atoms with E-state index in [-0.39, 0.29) is 0 Å². The van der Waals surface area contributed by atoms with E-state index in [9.17, 15) is 0 Å². The van der Waals surface area contributed by atoms with Crippen molar-refractivity contribution in [3.05, 3.63) is 24.3 Å². The summed E-state index contributed by atoms with van der Waals surface area (Å²) in [6.45, 7) is 2.17. The molecule has 1 aromatic heterocycles. The molecule has 0 aliphatic carbocycles. The van der Waals surface area contributed by atoms with Crippen molar-refractivity contribution in [3.63, 3.8) is 0 Å². The van der Waals surface area contributed by atoms with Crippen LogP contribution in [0.1, 0.15) is 5.56 Å². The van der Waals surface area contributed by atoms with E-state index in [1.165, 1.54) is 5.56 Å². The van der Waals surface area contributed by atoms with Crippen LogP contribution >= 0.6 is 8.58 Å². The molecule has 0 aliphatic heterocycles. The molecule has 0 radical (unpaired) electrons. The Morgan fingerprint density at radius 1 is 1.44 bits per heavy atom. The molecule has 1 rings (SSSR count). The minimum atomic E-state index is 0.955. The highest BCUT2D eigenvalue weighted by Crippen LogP contribution is 2.10. The van der Waals surface area contributed by atoms with E-state index in [1.54, 1.807) is 6.33 Å². The zero-order valence-corrected chi connectivity index (χ0v) is 6.33. The van der Waals surface area contributed by atoms with Gasteiger partial charge in [0.05, 0.1) is 0 Å². The van der Waals surface area contributed by atoms with E-state index in [0.717, 1.165) is 14.7 Å². The lowest BCUT2D eigenvalue weighted by atomic mass is 10.4. The maximum Gasteiger partial charge on any atom is 0.115 e. The minimum Gasteiger partial charge on any atom is -0.245 e. The highest BCUT2D eigenvalue weighted by atomic mass is 31.1. The van der Waals surface area contributed by atoms with E-state index in [2.05, 4.69) is 16.6 Å². The van der Waals surface area contributed by atoms with Gasteiger partial charge in [0, 0.05) is 12.4 Å². The lowest BCUT2D eigenvalue weighted by molar-refractivity contribution is 1.12. The van der Waals surface area contributed by atoms with Crippen LogP contribution in [0.25, 0.3) is 0 Å². The molecule has 1 unspecified atom stereocenters. The second-order valence-electron chi connectivity index (χ2n) is 1.78. The predicted octanol–water partition coefficient (Wildman–Crippen LogP) is 1.28. The molecule has 2 nitrogen and oxygen atoms in total. The quantitative estimate of drug-likeness (QED) is 0.578. The van der Waals surface area contributed by atoms with Gasteiger partial charge in [0.2, 0.25) is 0 Å². The van der Waals surface area contributed by atoms with Crippen LogP contribution in [-0.4, -0.2) is 16.6 Å². The van der Waals surface area contributed by atoms with Gasteiger partial charge in [0.1, 0.15) is 6.33 Å². The van der Waals surface area contributed by atoms with E-state index in [4.69, 9.17) is 0 Å². The smallest absolute Gasteiger partial charge is 0.115 e. The van der Waals surface area contributed by atoms with Crippen molar-refractivity contribution < 1.29 is 0 Å². The second kappa shape index (κ2) is 3.52. The summed E-state index contributed by atoms with van der Waals surface area (Å²) in [5.74, 6) is 0. The predicted molar refractivity (Wildman–Crippen MR) is 40.0 cm³/mol. The van der Waals surface area contributed by atoms with Crippen molar-refractivity contribution in [2.75, 3.05) is 6.66 Å². The first kappa shape index (κ1) is 6.63. The highest BCUT2D eigenvalue weighted by molar-refractivity contribution is 7.36. The van der Waals surface area contributed by atoms with Gasteiger partial charge in [-0.25, -0.2) is 9.97 Å². The topological polar surface area (TPSA) is 25.8 Å². The Labute approximate surface area is 56.5 Å². The lowest BCUT2D eigenvalue weighted by Gasteiger charge is -1.92. The van der Waals surface area contributed by atoms with Gasteiger partial charge >= 0.3 is 0 Å². The van der Waals surface area contributed by atoms with Gasteiger partial charge in [-0.1, -0.05) is 0 Å². The Hall–Kier alpha value is -0.490. The van der Waals surface area contributed by atoms with Crippen LogP contribution in [0.2, 0.25) is 0 Å². The number of nitrogens with zero attached hydrogens (tertiary/aromatic N) is 2. The molecule has 0 bridgehead atoms. The van der Waals surface area contributed by atoms with E-state index in [1.807, 2.05) is 12.4 Å². The molecule has 1 aromatic rings. The third-order valence-corrected chi connectivity index (χ3v) is 1.76. The molecule has 0 saturated carbocycles. The van der Waals surface area contributed by atoms with Crippen molar-refractivity contribution in [1.82, 2.24) is 9.97 Å². The Kier molecular flexibility index (Phi) is 2.59. The molecular weight excluding hydrogens is 131 g/mol. The molecule has 0 N–H and O–H groups in total. The highest BCUT2D eigenvalue weighted by Gasteiger charge is 1.86. The summed E-state index contributed by atoms with van der Waals surface area (Å²) in [6.07, 6.45) is 6.40. The Balaban J connectivity index is 2.61. The monoisotopic (exact) mass is 140 g/mol. The van der Waals surface area contributed by atoms with Crippen molar-refractivity contribution >= 4 is 8.58 Å². The number of rotatable bonds is 2. The zero-order chi connectivity index (χ0) is 6.53. The molecule has 0 spiro atoms.